The van der Waals surface area contributed by atoms with Crippen LogP contribution in [0.1, 0.15) is 58.2 Å². The van der Waals surface area contributed by atoms with Crippen LogP contribution in [0.3, 0.4) is 0 Å². The second-order valence-corrected chi connectivity index (χ2v) is 9.49. The van der Waals surface area contributed by atoms with E-state index in [4.69, 9.17) is 15.7 Å². The Morgan fingerprint density at radius 3 is 2.79 bits per heavy atom. The van der Waals surface area contributed by atoms with E-state index in [1.165, 1.54) is 12.3 Å². The number of alkyl carbamates (subject to hydrolysis) is 1. The molecule has 0 aliphatic heterocycles. The van der Waals surface area contributed by atoms with Gasteiger partial charge in [-0.1, -0.05) is 17.3 Å². The smallest absolute Gasteiger partial charge is 0.407 e. The summed E-state index contributed by atoms with van der Waals surface area (Å²) in [5.74, 6) is -0.0485. The van der Waals surface area contributed by atoms with Gasteiger partial charge in [-0.15, -0.1) is 0 Å². The molecule has 4 rings (SSSR count). The average Bonchev–Trinajstić information content (AvgIpc) is 3.16. The van der Waals surface area contributed by atoms with Gasteiger partial charge in [-0.25, -0.2) is 14.2 Å². The highest BCUT2D eigenvalue weighted by Crippen LogP contribution is 2.37. The number of oxime groups is 1. The van der Waals surface area contributed by atoms with Crippen molar-refractivity contribution in [2.75, 3.05) is 0 Å². The Kier molecular flexibility index (Phi) is 6.41. The van der Waals surface area contributed by atoms with Crippen molar-refractivity contribution in [1.29, 1.82) is 0 Å². The first-order valence-electron chi connectivity index (χ1n) is 11.3. The van der Waals surface area contributed by atoms with Gasteiger partial charge in [-0.2, -0.15) is 0 Å². The molecule has 0 bridgehead atoms. The summed E-state index contributed by atoms with van der Waals surface area (Å²) in [6.07, 6.45) is 4.19. The molecule has 3 aromatic rings. The van der Waals surface area contributed by atoms with Crippen LogP contribution in [0, 0.1) is 5.82 Å². The number of ether oxygens (including phenoxy) is 1. The van der Waals surface area contributed by atoms with Crippen LogP contribution in [-0.4, -0.2) is 43.3 Å². The predicted molar refractivity (Wildman–Crippen MR) is 126 cm³/mol. The number of fused-ring (bicyclic) bond motifs is 1. The van der Waals surface area contributed by atoms with E-state index in [0.717, 1.165) is 19.3 Å². The molecule has 1 amide bonds. The number of amidine groups is 1. The number of aromatic nitrogens is 3. The number of carbonyl (C=O) groups is 1. The summed E-state index contributed by atoms with van der Waals surface area (Å²) in [7, 11) is 0. The minimum absolute atomic E-state index is 0.0733. The topological polar surface area (TPSA) is 128 Å². The van der Waals surface area contributed by atoms with Crippen molar-refractivity contribution in [3.05, 3.63) is 48.0 Å². The van der Waals surface area contributed by atoms with Crippen molar-refractivity contribution in [2.24, 2.45) is 10.9 Å². The molecule has 2 heterocycles. The lowest BCUT2D eigenvalue weighted by atomic mass is 9.90. The maximum absolute atomic E-state index is 14.8. The van der Waals surface area contributed by atoms with Crippen LogP contribution < -0.4 is 11.1 Å². The number of halogens is 1. The fourth-order valence-electron chi connectivity index (χ4n) is 4.40. The molecule has 0 radical (unpaired) electrons. The Hall–Kier alpha value is -3.69. The van der Waals surface area contributed by atoms with Gasteiger partial charge >= 0.3 is 6.09 Å². The minimum Gasteiger partial charge on any atom is -0.444 e. The molecule has 1 aromatic carbocycles. The number of amides is 1. The Morgan fingerprint density at radius 2 is 2.09 bits per heavy atom. The summed E-state index contributed by atoms with van der Waals surface area (Å²) in [6, 6.07) is 7.98. The molecule has 1 fully saturated rings. The zero-order valence-corrected chi connectivity index (χ0v) is 19.5. The van der Waals surface area contributed by atoms with Crippen LogP contribution in [0.5, 0.6) is 0 Å². The molecule has 180 valence electrons. The number of hydrogen-bond acceptors (Lipinski definition) is 6. The molecule has 0 saturated heterocycles. The molecule has 1 aliphatic carbocycles. The highest BCUT2D eigenvalue weighted by Gasteiger charge is 2.30. The van der Waals surface area contributed by atoms with Crippen molar-refractivity contribution in [2.45, 2.75) is 64.1 Å². The van der Waals surface area contributed by atoms with Gasteiger partial charge in [0.15, 0.2) is 5.84 Å². The normalized spacial score (nSPS) is 19.2. The van der Waals surface area contributed by atoms with E-state index in [1.54, 1.807) is 24.3 Å². The maximum atomic E-state index is 14.8. The summed E-state index contributed by atoms with van der Waals surface area (Å²) < 4.78 is 22.2. The minimum atomic E-state index is -0.589. The van der Waals surface area contributed by atoms with Crippen molar-refractivity contribution in [1.82, 2.24) is 19.9 Å². The van der Waals surface area contributed by atoms with Gasteiger partial charge in [-0.05, 0) is 64.7 Å². The lowest BCUT2D eigenvalue weighted by Crippen LogP contribution is -2.41. The Labute approximate surface area is 196 Å². The number of benzene rings is 1. The van der Waals surface area contributed by atoms with Gasteiger partial charge in [0.2, 0.25) is 0 Å². The van der Waals surface area contributed by atoms with Gasteiger partial charge in [0.25, 0.3) is 0 Å². The monoisotopic (exact) mass is 468 g/mol. The quantitative estimate of drug-likeness (QED) is 0.226. The molecule has 9 nitrogen and oxygen atoms in total. The summed E-state index contributed by atoms with van der Waals surface area (Å²) in [4.78, 5) is 21.3. The van der Waals surface area contributed by atoms with Gasteiger partial charge < -0.3 is 25.6 Å². The zero-order chi connectivity index (χ0) is 24.5. The van der Waals surface area contributed by atoms with E-state index < -0.39 is 11.7 Å². The molecule has 1 saturated carbocycles. The number of pyridine rings is 1. The molecule has 0 spiro atoms. The number of nitrogens with two attached hydrogens (primary N) is 1. The molecular weight excluding hydrogens is 439 g/mol. The van der Waals surface area contributed by atoms with Gasteiger partial charge in [0.05, 0.1) is 17.3 Å². The zero-order valence-electron chi connectivity index (χ0n) is 19.5. The number of hydrogen-bond donors (Lipinski definition) is 3. The Balaban J connectivity index is 1.75. The molecule has 34 heavy (non-hydrogen) atoms. The summed E-state index contributed by atoms with van der Waals surface area (Å²) >= 11 is 0. The van der Waals surface area contributed by atoms with E-state index in [1.807, 2.05) is 25.3 Å². The first kappa shape index (κ1) is 23.5. The summed E-state index contributed by atoms with van der Waals surface area (Å²) in [5, 5.41) is 15.1. The molecule has 4 N–H and O–H groups in total. The lowest BCUT2D eigenvalue weighted by Gasteiger charge is -2.32. The number of rotatable bonds is 4. The highest BCUT2D eigenvalue weighted by molar-refractivity contribution is 5.98. The second kappa shape index (κ2) is 9.28. The Bertz CT molecular complexity index is 1230. The standard InChI is InChI=1S/C24H29FN6O3/c1-24(2,3)34-23(32)28-14-7-6-8-15(11-14)31-20-12-18(21(26)30-33)27-13-19(20)29-22(31)16-9-4-5-10-17(16)25/h4-5,9-10,12-15,33H,6-8,11H2,1-3H3,(H2,26,30)(H,28,32)/t14-,15+/m0/s1. The molecule has 1 aliphatic rings. The van der Waals surface area contributed by atoms with E-state index in [0.29, 0.717) is 28.8 Å². The Morgan fingerprint density at radius 1 is 1.32 bits per heavy atom. The lowest BCUT2D eigenvalue weighted by molar-refractivity contribution is 0.0486. The van der Waals surface area contributed by atoms with E-state index >= 15 is 0 Å². The van der Waals surface area contributed by atoms with Gasteiger partial charge in [0.1, 0.15) is 28.5 Å². The number of nitrogens with one attached hydrogen (secondary N) is 1. The second-order valence-electron chi connectivity index (χ2n) is 9.49. The van der Waals surface area contributed by atoms with Crippen LogP contribution in [0.25, 0.3) is 22.4 Å². The molecule has 10 heteroatoms. The maximum Gasteiger partial charge on any atom is 0.407 e. The largest absolute Gasteiger partial charge is 0.444 e. The average molecular weight is 469 g/mol. The summed E-state index contributed by atoms with van der Waals surface area (Å²) in [6.45, 7) is 5.46. The highest BCUT2D eigenvalue weighted by atomic mass is 19.1. The molecule has 0 unspecified atom stereocenters. The summed E-state index contributed by atoms with van der Waals surface area (Å²) in [5.41, 5.74) is 7.09. The number of carbonyl (C=O) groups excluding carboxylic acids is 1. The van der Waals surface area contributed by atoms with Crippen LogP contribution >= 0.6 is 0 Å². The molecule has 2 atom stereocenters. The third-order valence-electron chi connectivity index (χ3n) is 5.79. The van der Waals surface area contributed by atoms with Crippen LogP contribution in [0.15, 0.2) is 41.7 Å². The van der Waals surface area contributed by atoms with Gasteiger partial charge in [-0.3, -0.25) is 4.98 Å². The van der Waals surface area contributed by atoms with Crippen LogP contribution in [0.2, 0.25) is 0 Å². The number of nitrogens with zero attached hydrogens (tertiary/aromatic N) is 4. The SMILES string of the molecule is CC(C)(C)OC(=O)N[C@H]1CCC[C@@H](n2c(-c3ccccc3F)nc3cnc(/C(N)=N/O)cc32)C1. The molecule has 2 aromatic heterocycles. The van der Waals surface area contributed by atoms with Crippen molar-refractivity contribution in [3.63, 3.8) is 0 Å². The van der Waals surface area contributed by atoms with Crippen molar-refractivity contribution in [3.8, 4) is 11.4 Å². The van der Waals surface area contributed by atoms with Gasteiger partial charge in [0, 0.05) is 12.1 Å². The third-order valence-corrected chi connectivity index (χ3v) is 5.79. The van der Waals surface area contributed by atoms with Crippen LogP contribution in [0.4, 0.5) is 9.18 Å². The van der Waals surface area contributed by atoms with Crippen molar-refractivity contribution >= 4 is 23.0 Å². The first-order chi connectivity index (χ1) is 16.2. The predicted octanol–water partition coefficient (Wildman–Crippen LogP) is 4.34. The van der Waals surface area contributed by atoms with E-state index in [2.05, 4.69) is 20.4 Å². The number of imidazole rings is 1. The van der Waals surface area contributed by atoms with Crippen LogP contribution in [-0.2, 0) is 4.74 Å². The fraction of sp³-hybridized carbons (Fsp3) is 0.417. The van der Waals surface area contributed by atoms with E-state index in [-0.39, 0.29) is 29.4 Å². The fourth-order valence-corrected chi connectivity index (χ4v) is 4.40. The third kappa shape index (κ3) is 4.95. The van der Waals surface area contributed by atoms with E-state index in [9.17, 15) is 9.18 Å². The molecular formula is C24H29FN6O3. The first-order valence-corrected chi connectivity index (χ1v) is 11.3. The van der Waals surface area contributed by atoms with Crippen molar-refractivity contribution < 1.29 is 19.1 Å².